The molecule has 0 bridgehead atoms. The van der Waals surface area contributed by atoms with Crippen LogP contribution in [0.5, 0.6) is 0 Å². The Morgan fingerprint density at radius 3 is 1.63 bits per heavy atom. The summed E-state index contributed by atoms with van der Waals surface area (Å²) in [6, 6.07) is 67.0. The van der Waals surface area contributed by atoms with Gasteiger partial charge in [-0.15, -0.1) is 0 Å². The van der Waals surface area contributed by atoms with Crippen LogP contribution in [0.3, 0.4) is 0 Å². The molecule has 13 rings (SSSR count). The number of aromatic nitrogens is 3. The molecule has 59 heavy (non-hydrogen) atoms. The third-order valence-electron chi connectivity index (χ3n) is 13.3. The number of fused-ring (bicyclic) bond motifs is 16. The molecule has 12 aromatic rings. The molecule has 1 aliphatic rings. The highest BCUT2D eigenvalue weighted by Gasteiger charge is 2.39. The molecule has 0 spiro atoms. The van der Waals surface area contributed by atoms with Crippen molar-refractivity contribution in [3.8, 4) is 33.8 Å². The first-order chi connectivity index (χ1) is 29.0. The monoisotopic (exact) mass is 751 g/mol. The van der Waals surface area contributed by atoms with Crippen molar-refractivity contribution in [2.24, 2.45) is 0 Å². The summed E-state index contributed by atoms with van der Waals surface area (Å²) in [5.74, 6) is 0. The molecule has 0 unspecified atom stereocenters. The molecular formula is C56H37N3. The van der Waals surface area contributed by atoms with Crippen molar-refractivity contribution < 1.29 is 0 Å². The van der Waals surface area contributed by atoms with E-state index in [2.05, 4.69) is 211 Å². The highest BCUT2D eigenvalue weighted by molar-refractivity contribution is 6.26. The number of benzene rings is 9. The average Bonchev–Trinajstić information content (AvgIpc) is 3.88. The smallest absolute Gasteiger partial charge is 0.0724 e. The number of pyridine rings is 1. The third-order valence-corrected chi connectivity index (χ3v) is 13.3. The lowest BCUT2D eigenvalue weighted by molar-refractivity contribution is 0.667. The van der Waals surface area contributed by atoms with Crippen molar-refractivity contribution >= 4 is 75.9 Å². The predicted octanol–water partition coefficient (Wildman–Crippen LogP) is 14.7. The van der Waals surface area contributed by atoms with E-state index in [0.29, 0.717) is 0 Å². The minimum absolute atomic E-state index is 0.239. The van der Waals surface area contributed by atoms with Crippen LogP contribution in [0.4, 0.5) is 0 Å². The molecule has 1 aliphatic carbocycles. The van der Waals surface area contributed by atoms with E-state index in [1.165, 1.54) is 87.3 Å². The second-order valence-corrected chi connectivity index (χ2v) is 16.7. The number of rotatable bonds is 3. The van der Waals surface area contributed by atoms with Gasteiger partial charge in [0.25, 0.3) is 0 Å². The molecule has 0 saturated heterocycles. The number of para-hydroxylation sites is 3. The molecule has 0 fully saturated rings. The number of nitrogens with zero attached hydrogens (tertiary/aromatic N) is 3. The lowest BCUT2D eigenvalue weighted by atomic mass is 9.79. The van der Waals surface area contributed by atoms with E-state index >= 15 is 0 Å². The Bertz CT molecular complexity index is 3740. The summed E-state index contributed by atoms with van der Waals surface area (Å²) in [4.78, 5) is 5.15. The SMILES string of the molecule is CC1(C)c2cc3c4ccccc4c4ccccc4c3cc2-c2ccc3c(c21)c1ccc(-c2cc4c(cn2)c2ccccc2n4-c2ccccc2)cc1n3-c1ccccc1. The molecule has 0 saturated carbocycles. The maximum absolute atomic E-state index is 5.15. The fraction of sp³-hybridized carbons (Fsp3) is 0.0536. The maximum Gasteiger partial charge on any atom is 0.0724 e. The van der Waals surface area contributed by atoms with Crippen LogP contribution in [-0.4, -0.2) is 14.1 Å². The third kappa shape index (κ3) is 4.39. The van der Waals surface area contributed by atoms with Crippen LogP contribution in [0, 0.1) is 0 Å². The predicted molar refractivity (Wildman–Crippen MR) is 248 cm³/mol. The summed E-state index contributed by atoms with van der Waals surface area (Å²) in [6.07, 6.45) is 2.06. The van der Waals surface area contributed by atoms with Crippen LogP contribution >= 0.6 is 0 Å². The summed E-state index contributed by atoms with van der Waals surface area (Å²) in [5.41, 5.74) is 14.3. The van der Waals surface area contributed by atoms with Gasteiger partial charge in [-0.05, 0) is 115 Å². The molecule has 0 N–H and O–H groups in total. The summed E-state index contributed by atoms with van der Waals surface area (Å²) < 4.78 is 4.83. The van der Waals surface area contributed by atoms with E-state index in [9.17, 15) is 0 Å². The Morgan fingerprint density at radius 2 is 0.949 bits per heavy atom. The first kappa shape index (κ1) is 32.6. The molecule has 276 valence electrons. The Hall–Kier alpha value is -7.49. The van der Waals surface area contributed by atoms with E-state index in [-0.39, 0.29) is 5.41 Å². The van der Waals surface area contributed by atoms with Crippen molar-refractivity contribution in [1.82, 2.24) is 14.1 Å². The summed E-state index contributed by atoms with van der Waals surface area (Å²) in [6.45, 7) is 4.86. The second kappa shape index (κ2) is 11.8. The molecule has 0 radical (unpaired) electrons. The van der Waals surface area contributed by atoms with Crippen LogP contribution < -0.4 is 0 Å². The van der Waals surface area contributed by atoms with E-state index < -0.39 is 0 Å². The minimum atomic E-state index is -0.239. The van der Waals surface area contributed by atoms with Crippen LogP contribution in [0.25, 0.3) is 110 Å². The van der Waals surface area contributed by atoms with Crippen LogP contribution in [0.2, 0.25) is 0 Å². The summed E-state index contributed by atoms with van der Waals surface area (Å²) in [5, 5.41) is 12.8. The van der Waals surface area contributed by atoms with Crippen molar-refractivity contribution in [3.05, 3.63) is 199 Å². The Balaban J connectivity index is 1.07. The minimum Gasteiger partial charge on any atom is -0.309 e. The number of hydrogen-bond donors (Lipinski definition) is 0. The van der Waals surface area contributed by atoms with Crippen LogP contribution in [0.1, 0.15) is 25.0 Å². The van der Waals surface area contributed by atoms with Crippen molar-refractivity contribution in [2.75, 3.05) is 0 Å². The van der Waals surface area contributed by atoms with Gasteiger partial charge in [-0.1, -0.05) is 135 Å². The Kier molecular flexibility index (Phi) is 6.51. The van der Waals surface area contributed by atoms with Gasteiger partial charge >= 0.3 is 0 Å². The first-order valence-electron chi connectivity index (χ1n) is 20.5. The van der Waals surface area contributed by atoms with Gasteiger partial charge in [0.1, 0.15) is 0 Å². The van der Waals surface area contributed by atoms with E-state index in [1.54, 1.807) is 0 Å². The van der Waals surface area contributed by atoms with E-state index in [0.717, 1.165) is 33.5 Å². The zero-order valence-electron chi connectivity index (χ0n) is 32.7. The lowest BCUT2D eigenvalue weighted by Gasteiger charge is -2.23. The highest BCUT2D eigenvalue weighted by Crippen LogP contribution is 2.55. The van der Waals surface area contributed by atoms with Crippen LogP contribution in [-0.2, 0) is 5.41 Å². The van der Waals surface area contributed by atoms with Gasteiger partial charge < -0.3 is 9.13 Å². The molecule has 0 amide bonds. The molecule has 3 aromatic heterocycles. The van der Waals surface area contributed by atoms with Gasteiger partial charge in [0, 0.05) is 50.1 Å². The normalized spacial score (nSPS) is 13.4. The molecule has 3 heteroatoms. The zero-order valence-corrected chi connectivity index (χ0v) is 32.7. The Labute approximate surface area is 341 Å². The van der Waals surface area contributed by atoms with Gasteiger partial charge in [-0.25, -0.2) is 0 Å². The number of hydrogen-bond acceptors (Lipinski definition) is 1. The van der Waals surface area contributed by atoms with E-state index in [1.807, 2.05) is 0 Å². The fourth-order valence-corrected chi connectivity index (χ4v) is 10.7. The summed E-state index contributed by atoms with van der Waals surface area (Å²) in [7, 11) is 0. The zero-order chi connectivity index (χ0) is 39.0. The topological polar surface area (TPSA) is 22.8 Å². The molecule has 3 nitrogen and oxygen atoms in total. The van der Waals surface area contributed by atoms with Crippen LogP contribution in [0.15, 0.2) is 188 Å². The second-order valence-electron chi connectivity index (χ2n) is 16.7. The van der Waals surface area contributed by atoms with Gasteiger partial charge in [0.2, 0.25) is 0 Å². The Morgan fingerprint density at radius 1 is 0.390 bits per heavy atom. The molecule has 0 aliphatic heterocycles. The van der Waals surface area contributed by atoms with E-state index in [4.69, 9.17) is 4.98 Å². The molecule has 3 heterocycles. The van der Waals surface area contributed by atoms with Gasteiger partial charge in [-0.2, -0.15) is 0 Å². The average molecular weight is 752 g/mol. The van der Waals surface area contributed by atoms with Crippen molar-refractivity contribution in [3.63, 3.8) is 0 Å². The highest BCUT2D eigenvalue weighted by atomic mass is 15.0. The van der Waals surface area contributed by atoms with Crippen molar-refractivity contribution in [2.45, 2.75) is 19.3 Å². The standard InChI is InChI=1S/C56H37N3/c1-56(2)48-31-45-40-22-12-10-20-38(40)37-19-9-11-21-39(37)44(45)30-46(48)42-27-28-51-54(55(42)56)43-26-25-34(29-52(43)59(51)36-17-7-4-8-18-36)49-32-53-47(33-57-49)41-23-13-14-24-50(41)58(53)35-15-5-3-6-16-35/h3-33H,1-2H3. The quantitative estimate of drug-likeness (QED) is 0.165. The summed E-state index contributed by atoms with van der Waals surface area (Å²) >= 11 is 0. The lowest BCUT2D eigenvalue weighted by Crippen LogP contribution is -2.15. The van der Waals surface area contributed by atoms with Gasteiger partial charge in [0.05, 0.1) is 27.8 Å². The molecular weight excluding hydrogens is 715 g/mol. The van der Waals surface area contributed by atoms with Gasteiger partial charge in [-0.3, -0.25) is 4.98 Å². The first-order valence-corrected chi connectivity index (χ1v) is 20.5. The molecule has 9 aromatic carbocycles. The maximum atomic E-state index is 5.15. The molecule has 0 atom stereocenters. The fourth-order valence-electron chi connectivity index (χ4n) is 10.7. The van der Waals surface area contributed by atoms with Crippen molar-refractivity contribution in [1.29, 1.82) is 0 Å². The van der Waals surface area contributed by atoms with Gasteiger partial charge in [0.15, 0.2) is 0 Å². The largest absolute Gasteiger partial charge is 0.309 e.